The van der Waals surface area contributed by atoms with Crippen LogP contribution in [-0.4, -0.2) is 39.9 Å². The summed E-state index contributed by atoms with van der Waals surface area (Å²) in [5.74, 6) is 4.74. The van der Waals surface area contributed by atoms with Crippen LogP contribution in [0.4, 0.5) is 0 Å². The van der Waals surface area contributed by atoms with Gasteiger partial charge in [0.25, 0.3) is 0 Å². The Hall–Kier alpha value is -16.4. The maximum atomic E-state index is 5.21. The fraction of sp³-hybridized carbons (Fsp3) is 0.136. The summed E-state index contributed by atoms with van der Waals surface area (Å²) in [6.07, 6.45) is 0. The number of benzene rings is 18. The Morgan fingerprint density at radius 1 is 0.143 bits per heavy atom. The first-order chi connectivity index (χ1) is 67.9. The minimum Gasteiger partial charge on any atom is -0.228 e. The summed E-state index contributed by atoms with van der Waals surface area (Å²) >= 11 is 0. The molecule has 140 heavy (non-hydrogen) atoms. The molecule has 3 aliphatic rings. The van der Waals surface area contributed by atoms with Crippen LogP contribution in [0.3, 0.4) is 0 Å². The molecule has 0 saturated carbocycles. The summed E-state index contributed by atoms with van der Waals surface area (Å²) in [6, 6.07) is 155. The highest BCUT2D eigenvalue weighted by molar-refractivity contribution is 5.97. The average molecular weight is 1810 g/mol. The zero-order valence-corrected chi connectivity index (χ0v) is 81.1. The molecule has 0 unspecified atom stereocenters. The van der Waals surface area contributed by atoms with E-state index in [9.17, 15) is 0 Å². The van der Waals surface area contributed by atoms with Gasteiger partial charge in [0.1, 0.15) is 0 Å². The predicted molar refractivity (Wildman–Crippen MR) is 582 cm³/mol. The second-order valence-electron chi connectivity index (χ2n) is 40.6. The van der Waals surface area contributed by atoms with Crippen LogP contribution in [0, 0.1) is 0 Å². The SMILES string of the molecule is CC1(C)c2cc(-c3ccccc3)ccc2-c2c(-c3nc(-c4ccccc4)nc(-c4ccc5ccccc5c4)n3)cccc2C1(C)C.CC1(C)c2cc(-c3ccccc3)ccc2-c2ccc(-c3ccccc3-c3ccc(-c4nc(-c5ccccc5)nc(-c5ccccc5)n4)cc3)cc2C1(C)C.CC1(C)c2ccc(-c3ccccc3)cc2-c2cc(-c3nc(-c4ccccc4)c4ccccc4n3)ccc2C1(C)C. The van der Waals surface area contributed by atoms with Crippen LogP contribution < -0.4 is 0 Å². The first-order valence-electron chi connectivity index (χ1n) is 48.7. The Morgan fingerprint density at radius 2 is 0.450 bits per heavy atom. The molecule has 0 aliphatic heterocycles. The van der Waals surface area contributed by atoms with Gasteiger partial charge in [-0.1, -0.05) is 477 Å². The zero-order valence-electron chi connectivity index (χ0n) is 81.1. The van der Waals surface area contributed by atoms with Crippen LogP contribution in [0.5, 0.6) is 0 Å². The van der Waals surface area contributed by atoms with Gasteiger partial charge in [-0.25, -0.2) is 39.9 Å². The van der Waals surface area contributed by atoms with E-state index >= 15 is 0 Å². The lowest BCUT2D eigenvalue weighted by Gasteiger charge is -2.49. The van der Waals surface area contributed by atoms with Crippen LogP contribution in [-0.2, 0) is 32.5 Å². The molecule has 0 bridgehead atoms. The third-order valence-corrected chi connectivity index (χ3v) is 31.3. The van der Waals surface area contributed by atoms with Crippen molar-refractivity contribution in [3.63, 3.8) is 0 Å². The third-order valence-electron chi connectivity index (χ3n) is 31.3. The van der Waals surface area contributed by atoms with Gasteiger partial charge in [0.15, 0.2) is 40.8 Å². The predicted octanol–water partition coefficient (Wildman–Crippen LogP) is 33.9. The van der Waals surface area contributed by atoms with E-state index in [0.717, 1.165) is 77.9 Å². The fourth-order valence-corrected chi connectivity index (χ4v) is 21.2. The molecule has 8 nitrogen and oxygen atoms in total. The van der Waals surface area contributed by atoms with Crippen molar-refractivity contribution in [2.75, 3.05) is 0 Å². The van der Waals surface area contributed by atoms with Crippen molar-refractivity contribution < 1.29 is 0 Å². The van der Waals surface area contributed by atoms with E-state index in [1.54, 1.807) is 0 Å². The molecular weight excluding hydrogens is 1700 g/mol. The number of hydrogen-bond donors (Lipinski definition) is 0. The van der Waals surface area contributed by atoms with Crippen molar-refractivity contribution in [3.8, 4) is 180 Å². The molecule has 0 N–H and O–H groups in total. The summed E-state index contributed by atoms with van der Waals surface area (Å²) in [5, 5.41) is 3.42. The van der Waals surface area contributed by atoms with E-state index in [1.165, 1.54) is 122 Å². The van der Waals surface area contributed by atoms with Gasteiger partial charge in [-0.05, 0) is 208 Å². The lowest BCUT2D eigenvalue weighted by molar-refractivity contribution is 0.299. The van der Waals surface area contributed by atoms with Gasteiger partial charge in [-0.15, -0.1) is 0 Å². The molecule has 24 rings (SSSR count). The third kappa shape index (κ3) is 15.9. The lowest BCUT2D eigenvalue weighted by atomic mass is 9.55. The Balaban J connectivity index is 0.000000122. The van der Waals surface area contributed by atoms with Crippen LogP contribution in [0.25, 0.3) is 202 Å². The van der Waals surface area contributed by atoms with E-state index in [1.807, 2.05) is 91.0 Å². The fourth-order valence-electron chi connectivity index (χ4n) is 21.2. The second kappa shape index (κ2) is 35.6. The number of hydrogen-bond acceptors (Lipinski definition) is 8. The molecule has 0 atom stereocenters. The van der Waals surface area contributed by atoms with Gasteiger partial charge >= 0.3 is 0 Å². The minimum atomic E-state index is -0.156. The molecule has 21 aromatic rings. The van der Waals surface area contributed by atoms with E-state index in [2.05, 4.69) is 429 Å². The van der Waals surface area contributed by atoms with Crippen molar-refractivity contribution >= 4 is 21.7 Å². The summed E-state index contributed by atoms with van der Waals surface area (Å²) in [7, 11) is 0. The first-order valence-corrected chi connectivity index (χ1v) is 48.7. The topological polar surface area (TPSA) is 103 Å². The van der Waals surface area contributed by atoms with Crippen LogP contribution in [0.15, 0.2) is 437 Å². The molecule has 18 aromatic carbocycles. The minimum absolute atomic E-state index is 0.0357. The lowest BCUT2D eigenvalue weighted by Crippen LogP contribution is -2.43. The van der Waals surface area contributed by atoms with Crippen LogP contribution >= 0.6 is 0 Å². The maximum Gasteiger partial charge on any atom is 0.164 e. The van der Waals surface area contributed by atoms with Gasteiger partial charge in [-0.3, -0.25) is 0 Å². The van der Waals surface area contributed by atoms with E-state index in [4.69, 9.17) is 39.9 Å². The summed E-state index contributed by atoms with van der Waals surface area (Å²) in [5.41, 5.74) is 37.4. The first kappa shape index (κ1) is 88.8. The summed E-state index contributed by atoms with van der Waals surface area (Å²) in [6.45, 7) is 28.6. The van der Waals surface area contributed by atoms with Crippen molar-refractivity contribution in [2.45, 2.75) is 116 Å². The molecule has 3 heterocycles. The molecule has 676 valence electrons. The number of para-hydroxylation sites is 1. The van der Waals surface area contributed by atoms with Crippen molar-refractivity contribution in [3.05, 3.63) is 470 Å². The molecule has 0 fully saturated rings. The molecule has 0 spiro atoms. The Kier molecular flexibility index (Phi) is 22.6. The number of fused-ring (bicyclic) bond motifs is 11. The van der Waals surface area contributed by atoms with Crippen molar-refractivity contribution in [1.29, 1.82) is 0 Å². The molecule has 0 radical (unpaired) electrons. The molecule has 0 amide bonds. The van der Waals surface area contributed by atoms with Crippen LogP contribution in [0.1, 0.15) is 116 Å². The van der Waals surface area contributed by atoms with E-state index in [-0.39, 0.29) is 32.5 Å². The normalized spacial score (nSPS) is 14.3. The summed E-state index contributed by atoms with van der Waals surface area (Å²) < 4.78 is 0. The van der Waals surface area contributed by atoms with Crippen molar-refractivity contribution in [2.24, 2.45) is 0 Å². The molecular formula is C132H108N8. The standard InChI is InChI=1S/C51H41N3.C43H35N3.C38H32N2/c1-50(2)45-32-39(34-16-8-5-9-17-34)28-30-43(45)44-31-29-40(33-46(44)51(50,3)4)42-23-15-14-22-41(42)35-24-26-38(27-25-35)49-53-47(36-18-10-6-11-19-36)52-48(54-49)37-20-12-7-13-21-37;1-42(2)36-21-13-20-35(38(36)34-25-24-32(27-37(34)43(42,3)4)28-14-7-5-8-15-28)41-45-39(30-17-9-6-10-18-30)44-40(46-41)33-23-22-29-16-11-12-19-31(29)26-33;1-37(2)32-21-19-27(25-13-7-5-8-14-25)23-30(32)31-24-28(20-22-33(31)38(37,3)4)36-39-34-18-12-11-17-29(34)35(40-36)26-15-9-6-10-16-26/h5-33H,1-4H3;5-27H,1-4H3;5-24H,1-4H3. The highest BCUT2D eigenvalue weighted by atomic mass is 15.0. The Labute approximate surface area is 821 Å². The van der Waals surface area contributed by atoms with Crippen molar-refractivity contribution in [1.82, 2.24) is 39.9 Å². The maximum absolute atomic E-state index is 5.21. The number of aromatic nitrogens is 8. The summed E-state index contributed by atoms with van der Waals surface area (Å²) in [4.78, 5) is 40.4. The second-order valence-corrected chi connectivity index (χ2v) is 40.6. The number of nitrogens with zero attached hydrogens (tertiary/aromatic N) is 8. The monoisotopic (exact) mass is 1800 g/mol. The van der Waals surface area contributed by atoms with E-state index in [0.29, 0.717) is 34.9 Å². The van der Waals surface area contributed by atoms with E-state index < -0.39 is 0 Å². The zero-order chi connectivity index (χ0) is 95.8. The average Bonchev–Trinajstić information content (AvgIpc) is 0.692. The van der Waals surface area contributed by atoms with Gasteiger partial charge in [0.2, 0.25) is 0 Å². The van der Waals surface area contributed by atoms with Gasteiger partial charge in [0.05, 0.1) is 11.2 Å². The number of rotatable bonds is 13. The highest BCUT2D eigenvalue weighted by Gasteiger charge is 2.50. The molecule has 0 saturated heterocycles. The smallest absolute Gasteiger partial charge is 0.164 e. The molecule has 8 heteroatoms. The largest absolute Gasteiger partial charge is 0.228 e. The Bertz CT molecular complexity index is 8240. The van der Waals surface area contributed by atoms with Crippen LogP contribution in [0.2, 0.25) is 0 Å². The Morgan fingerprint density at radius 3 is 0.950 bits per heavy atom. The molecule has 3 aromatic heterocycles. The quantitative estimate of drug-likeness (QED) is 0.112. The van der Waals surface area contributed by atoms with Gasteiger partial charge in [-0.2, -0.15) is 0 Å². The van der Waals surface area contributed by atoms with Gasteiger partial charge < -0.3 is 0 Å². The van der Waals surface area contributed by atoms with Gasteiger partial charge in [0, 0.05) is 49.9 Å². The highest BCUT2D eigenvalue weighted by Crippen LogP contribution is 2.60. The molecule has 3 aliphatic carbocycles.